The van der Waals surface area contributed by atoms with E-state index in [1.54, 1.807) is 0 Å². The number of rotatable bonds is 3. The molecule has 0 radical (unpaired) electrons. The van der Waals surface area contributed by atoms with Crippen molar-refractivity contribution in [2.24, 2.45) is 5.92 Å². The lowest BCUT2D eigenvalue weighted by Crippen LogP contribution is -2.29. The number of aliphatic hydroxyl groups excluding tert-OH is 1. The minimum Gasteiger partial charge on any atom is -0.393 e. The van der Waals surface area contributed by atoms with E-state index in [-0.39, 0.29) is 12.0 Å². The Hall–Kier alpha value is -0.570. The molecule has 2 N–H and O–H groups in total. The molecule has 0 aromatic heterocycles. The molecule has 3 nitrogen and oxygen atoms in total. The highest BCUT2D eigenvalue weighted by atomic mass is 16.3. The molecule has 1 rings (SSSR count). The van der Waals surface area contributed by atoms with Gasteiger partial charge in [-0.15, -0.1) is 0 Å². The number of carbonyl (C=O) groups excluding carboxylic acids is 1. The van der Waals surface area contributed by atoms with Crippen molar-refractivity contribution in [1.29, 1.82) is 0 Å². The van der Waals surface area contributed by atoms with Crippen LogP contribution in [0.4, 0.5) is 0 Å². The number of hydrogen-bond acceptors (Lipinski definition) is 2. The minimum atomic E-state index is -0.137. The molecule has 0 aromatic rings. The first kappa shape index (κ1) is 10.5. The summed E-state index contributed by atoms with van der Waals surface area (Å²) in [5.41, 5.74) is 0. The first-order valence-electron chi connectivity index (χ1n) is 5.12. The Kier molecular flexibility index (Phi) is 4.22. The van der Waals surface area contributed by atoms with E-state index in [2.05, 4.69) is 5.32 Å². The molecule has 0 heterocycles. The van der Waals surface area contributed by atoms with Crippen molar-refractivity contribution in [3.05, 3.63) is 0 Å². The van der Waals surface area contributed by atoms with Gasteiger partial charge in [-0.2, -0.15) is 0 Å². The summed E-state index contributed by atoms with van der Waals surface area (Å²) in [6.07, 6.45) is 5.20. The number of aliphatic hydroxyl groups is 1. The largest absolute Gasteiger partial charge is 0.393 e. The molecular weight excluding hydrogens is 166 g/mol. The fourth-order valence-corrected chi connectivity index (χ4v) is 1.96. The van der Waals surface area contributed by atoms with Crippen molar-refractivity contribution >= 4 is 5.91 Å². The minimum absolute atomic E-state index is 0.0188. The molecule has 1 aliphatic rings. The molecule has 1 amide bonds. The summed E-state index contributed by atoms with van der Waals surface area (Å²) in [6, 6.07) is 0. The van der Waals surface area contributed by atoms with Crippen LogP contribution in [0.25, 0.3) is 0 Å². The van der Waals surface area contributed by atoms with Crippen LogP contribution in [-0.4, -0.2) is 23.7 Å². The number of nitrogens with one attached hydrogen (secondary N) is 1. The van der Waals surface area contributed by atoms with Gasteiger partial charge in [0, 0.05) is 13.5 Å². The molecule has 1 saturated carbocycles. The Morgan fingerprint density at radius 2 is 2.15 bits per heavy atom. The highest BCUT2D eigenvalue weighted by Gasteiger charge is 2.22. The average molecular weight is 185 g/mol. The smallest absolute Gasteiger partial charge is 0.216 e. The van der Waals surface area contributed by atoms with Crippen LogP contribution in [0.3, 0.4) is 0 Å². The lowest BCUT2D eigenvalue weighted by molar-refractivity contribution is -0.119. The summed E-state index contributed by atoms with van der Waals surface area (Å²) in [5, 5.41) is 12.4. The van der Waals surface area contributed by atoms with E-state index in [0.29, 0.717) is 12.5 Å². The van der Waals surface area contributed by atoms with Gasteiger partial charge in [0.15, 0.2) is 0 Å². The average Bonchev–Trinajstić information content (AvgIpc) is 2.08. The second-order valence-electron chi connectivity index (χ2n) is 3.88. The predicted molar refractivity (Wildman–Crippen MR) is 51.3 cm³/mol. The second kappa shape index (κ2) is 5.22. The fourth-order valence-electron chi connectivity index (χ4n) is 1.96. The lowest BCUT2D eigenvalue weighted by Gasteiger charge is -2.27. The first-order valence-corrected chi connectivity index (χ1v) is 5.12. The number of amides is 1. The standard InChI is InChI=1S/C10H19NO2/c1-8(12)11-7-6-9-4-2-3-5-10(9)13/h9-10,13H,2-7H2,1H3,(H,11,12). The third-order valence-corrected chi connectivity index (χ3v) is 2.76. The van der Waals surface area contributed by atoms with E-state index in [1.807, 2.05) is 0 Å². The Bertz CT molecular complexity index is 170. The van der Waals surface area contributed by atoms with Gasteiger partial charge in [-0.05, 0) is 25.2 Å². The Balaban J connectivity index is 2.15. The van der Waals surface area contributed by atoms with E-state index in [9.17, 15) is 9.90 Å². The molecule has 0 saturated heterocycles. The highest BCUT2D eigenvalue weighted by molar-refractivity contribution is 5.72. The van der Waals surface area contributed by atoms with E-state index >= 15 is 0 Å². The molecule has 13 heavy (non-hydrogen) atoms. The van der Waals surface area contributed by atoms with Gasteiger partial charge in [0.25, 0.3) is 0 Å². The van der Waals surface area contributed by atoms with Gasteiger partial charge in [-0.1, -0.05) is 12.8 Å². The topological polar surface area (TPSA) is 49.3 Å². The summed E-state index contributed by atoms with van der Waals surface area (Å²) >= 11 is 0. The van der Waals surface area contributed by atoms with Crippen LogP contribution < -0.4 is 5.32 Å². The molecule has 3 heteroatoms. The first-order chi connectivity index (χ1) is 6.20. The third-order valence-electron chi connectivity index (χ3n) is 2.76. The van der Waals surface area contributed by atoms with Crippen LogP contribution in [0.2, 0.25) is 0 Å². The van der Waals surface area contributed by atoms with Crippen LogP contribution in [0.5, 0.6) is 0 Å². The Morgan fingerprint density at radius 1 is 1.46 bits per heavy atom. The van der Waals surface area contributed by atoms with E-state index in [1.165, 1.54) is 13.3 Å². The predicted octanol–water partition coefficient (Wildman–Crippen LogP) is 1.06. The SMILES string of the molecule is CC(=O)NCCC1CCCCC1O. The fraction of sp³-hybridized carbons (Fsp3) is 0.900. The maximum atomic E-state index is 10.6. The zero-order valence-corrected chi connectivity index (χ0v) is 8.25. The molecule has 0 aliphatic heterocycles. The zero-order valence-electron chi connectivity index (χ0n) is 8.25. The lowest BCUT2D eigenvalue weighted by atomic mass is 9.84. The molecule has 0 aromatic carbocycles. The summed E-state index contributed by atoms with van der Waals surface area (Å²) in [5.74, 6) is 0.422. The quantitative estimate of drug-likeness (QED) is 0.691. The van der Waals surface area contributed by atoms with Crippen molar-refractivity contribution < 1.29 is 9.90 Å². The van der Waals surface area contributed by atoms with Crippen LogP contribution in [0, 0.1) is 5.92 Å². The van der Waals surface area contributed by atoms with E-state index in [0.717, 1.165) is 25.7 Å². The van der Waals surface area contributed by atoms with Gasteiger partial charge in [0.2, 0.25) is 5.91 Å². The molecule has 0 bridgehead atoms. The van der Waals surface area contributed by atoms with Gasteiger partial charge in [0.1, 0.15) is 0 Å². The summed E-state index contributed by atoms with van der Waals surface area (Å²) < 4.78 is 0. The van der Waals surface area contributed by atoms with Gasteiger partial charge in [-0.25, -0.2) is 0 Å². The molecule has 76 valence electrons. The number of hydrogen-bond donors (Lipinski definition) is 2. The van der Waals surface area contributed by atoms with Crippen LogP contribution in [-0.2, 0) is 4.79 Å². The van der Waals surface area contributed by atoms with Gasteiger partial charge < -0.3 is 10.4 Å². The zero-order chi connectivity index (χ0) is 9.68. The molecule has 0 spiro atoms. The Labute approximate surface area is 79.5 Å². The maximum Gasteiger partial charge on any atom is 0.216 e. The summed E-state index contributed by atoms with van der Waals surface area (Å²) in [7, 11) is 0. The van der Waals surface area contributed by atoms with E-state index < -0.39 is 0 Å². The Morgan fingerprint density at radius 3 is 2.77 bits per heavy atom. The molecule has 2 unspecified atom stereocenters. The van der Waals surface area contributed by atoms with Crippen molar-refractivity contribution in [2.45, 2.75) is 45.1 Å². The van der Waals surface area contributed by atoms with Gasteiger partial charge in [0.05, 0.1) is 6.10 Å². The third kappa shape index (κ3) is 3.77. The summed E-state index contributed by atoms with van der Waals surface area (Å²) in [6.45, 7) is 2.23. The van der Waals surface area contributed by atoms with Crippen molar-refractivity contribution in [2.75, 3.05) is 6.54 Å². The van der Waals surface area contributed by atoms with Gasteiger partial charge in [-0.3, -0.25) is 4.79 Å². The van der Waals surface area contributed by atoms with E-state index in [4.69, 9.17) is 0 Å². The molecule has 1 aliphatic carbocycles. The number of carbonyl (C=O) groups is 1. The molecule has 2 atom stereocenters. The van der Waals surface area contributed by atoms with Crippen molar-refractivity contribution in [3.63, 3.8) is 0 Å². The van der Waals surface area contributed by atoms with Crippen LogP contribution in [0.1, 0.15) is 39.0 Å². The normalized spacial score (nSPS) is 28.5. The summed E-state index contributed by atoms with van der Waals surface area (Å²) in [4.78, 5) is 10.6. The van der Waals surface area contributed by atoms with Crippen molar-refractivity contribution in [3.8, 4) is 0 Å². The highest BCUT2D eigenvalue weighted by Crippen LogP contribution is 2.26. The molecular formula is C10H19NO2. The van der Waals surface area contributed by atoms with Crippen LogP contribution in [0.15, 0.2) is 0 Å². The molecule has 1 fully saturated rings. The van der Waals surface area contributed by atoms with Crippen molar-refractivity contribution in [1.82, 2.24) is 5.32 Å². The second-order valence-corrected chi connectivity index (χ2v) is 3.88. The maximum absolute atomic E-state index is 10.6. The van der Waals surface area contributed by atoms with Crippen LogP contribution >= 0.6 is 0 Å². The van der Waals surface area contributed by atoms with Gasteiger partial charge >= 0.3 is 0 Å². The monoisotopic (exact) mass is 185 g/mol.